The Morgan fingerprint density at radius 3 is 1.52 bits per heavy atom. The van der Waals surface area contributed by atoms with Gasteiger partial charge < -0.3 is 10.2 Å². The molecule has 0 amide bonds. The number of aromatic nitrogens is 9. The van der Waals surface area contributed by atoms with E-state index in [-0.39, 0.29) is 17.3 Å². The maximum absolute atomic E-state index is 13.2. The van der Waals surface area contributed by atoms with Gasteiger partial charge in [0.1, 0.15) is 55.3 Å². The first-order valence-electron chi connectivity index (χ1n) is 19.8. The van der Waals surface area contributed by atoms with Crippen molar-refractivity contribution >= 4 is 11.6 Å². The van der Waals surface area contributed by atoms with E-state index in [2.05, 4.69) is 48.4 Å². The van der Waals surface area contributed by atoms with Crippen molar-refractivity contribution < 1.29 is 14.6 Å². The minimum atomic E-state index is -0.593. The molecule has 0 radical (unpaired) electrons. The van der Waals surface area contributed by atoms with Gasteiger partial charge in [-0.3, -0.25) is 0 Å². The Morgan fingerprint density at radius 1 is 0.556 bits per heavy atom. The first-order valence-corrected chi connectivity index (χ1v) is 20.1. The van der Waals surface area contributed by atoms with Crippen LogP contribution in [-0.4, -0.2) is 54.5 Å². The van der Waals surface area contributed by atoms with Gasteiger partial charge in [-0.05, 0) is 130 Å². The van der Waals surface area contributed by atoms with Crippen LogP contribution in [0.4, 0.5) is 4.39 Å². The van der Waals surface area contributed by atoms with Gasteiger partial charge in [-0.15, -0.1) is 0 Å². The zero-order valence-electron chi connectivity index (χ0n) is 34.4. The van der Waals surface area contributed by atoms with Crippen LogP contribution in [0, 0.1) is 17.1 Å². The standard InChI is InChI=1S/C19H18N4O.C15H12ClN3O.C15H12FN3/c1-19(2,11-20)17-8-14(10-23-13-21-12-22-23)7-16(9-17)15-3-5-18(24)6-4-15;16-14-7-13(4-5-15(14)20)12-3-1-2-11(6-12)8-19-10-17-9-18-19;16-15-6-2-5-14(8-15)13-4-1-3-12(7-13)9-19-11-17-10-18-19/h3-9,12-13,24H,10H2,1-2H3;1-7,9-10,20H,8H2;1-8,10-11H,9H2. The fourth-order valence-corrected chi connectivity index (χ4v) is 6.77. The van der Waals surface area contributed by atoms with E-state index in [1.807, 2.05) is 92.7 Å². The van der Waals surface area contributed by atoms with Gasteiger partial charge in [0.25, 0.3) is 0 Å². The maximum atomic E-state index is 13.2. The van der Waals surface area contributed by atoms with Gasteiger partial charge in [0.2, 0.25) is 0 Å². The molecule has 9 aromatic rings. The summed E-state index contributed by atoms with van der Waals surface area (Å²) in [5.41, 5.74) is 9.51. The Morgan fingerprint density at radius 2 is 1.03 bits per heavy atom. The molecule has 0 aliphatic carbocycles. The van der Waals surface area contributed by atoms with Gasteiger partial charge in [0.15, 0.2) is 0 Å². The fourth-order valence-electron chi connectivity index (χ4n) is 6.59. The monoisotopic (exact) mass is 856 g/mol. The summed E-state index contributed by atoms with van der Waals surface area (Å²) in [6.45, 7) is 5.72. The quantitative estimate of drug-likeness (QED) is 0.137. The molecule has 314 valence electrons. The third-order valence-electron chi connectivity index (χ3n) is 9.92. The summed E-state index contributed by atoms with van der Waals surface area (Å²) in [6.07, 6.45) is 9.56. The molecule has 0 spiro atoms. The molecule has 0 unspecified atom stereocenters. The van der Waals surface area contributed by atoms with E-state index in [4.69, 9.17) is 11.6 Å². The van der Waals surface area contributed by atoms with Crippen molar-refractivity contribution in [1.29, 1.82) is 5.26 Å². The lowest BCUT2D eigenvalue weighted by Crippen LogP contribution is -2.15. The summed E-state index contributed by atoms with van der Waals surface area (Å²) >= 11 is 5.95. The smallest absolute Gasteiger partial charge is 0.137 e. The van der Waals surface area contributed by atoms with E-state index in [0.717, 1.165) is 55.6 Å². The van der Waals surface area contributed by atoms with E-state index in [9.17, 15) is 19.9 Å². The van der Waals surface area contributed by atoms with Crippen molar-refractivity contribution in [2.75, 3.05) is 0 Å². The fraction of sp³-hybridized carbons (Fsp3) is 0.122. The van der Waals surface area contributed by atoms with E-state index in [1.54, 1.807) is 63.4 Å². The van der Waals surface area contributed by atoms with Gasteiger partial charge >= 0.3 is 0 Å². The second-order valence-electron chi connectivity index (χ2n) is 15.1. The molecular formula is C49H42ClFN10O2. The van der Waals surface area contributed by atoms with Gasteiger partial charge in [0, 0.05) is 0 Å². The van der Waals surface area contributed by atoms with Crippen molar-refractivity contribution in [3.05, 3.63) is 205 Å². The molecule has 0 fully saturated rings. The number of aromatic hydroxyl groups is 2. The van der Waals surface area contributed by atoms with Crippen LogP contribution >= 0.6 is 11.6 Å². The summed E-state index contributed by atoms with van der Waals surface area (Å²) in [6, 6.07) is 43.5. The Bertz CT molecular complexity index is 2910. The molecule has 0 saturated heterocycles. The van der Waals surface area contributed by atoms with Crippen LogP contribution in [0.15, 0.2) is 171 Å². The molecule has 6 aromatic carbocycles. The highest BCUT2D eigenvalue weighted by Crippen LogP contribution is 2.32. The normalized spacial score (nSPS) is 10.8. The molecule has 0 saturated carbocycles. The van der Waals surface area contributed by atoms with Gasteiger partial charge in [-0.1, -0.05) is 84.4 Å². The molecule has 0 bridgehead atoms. The molecule has 0 aliphatic heterocycles. The number of benzene rings is 6. The molecule has 12 nitrogen and oxygen atoms in total. The first-order chi connectivity index (χ1) is 30.5. The first kappa shape index (κ1) is 43.1. The third-order valence-corrected chi connectivity index (χ3v) is 10.2. The molecule has 0 atom stereocenters. The second kappa shape index (κ2) is 20.1. The summed E-state index contributed by atoms with van der Waals surface area (Å²) < 4.78 is 18.5. The Balaban J connectivity index is 0.000000143. The number of rotatable bonds is 10. The highest BCUT2D eigenvalue weighted by atomic mass is 35.5. The van der Waals surface area contributed by atoms with Crippen LogP contribution in [0.25, 0.3) is 33.4 Å². The lowest BCUT2D eigenvalue weighted by Gasteiger charge is -2.19. The maximum Gasteiger partial charge on any atom is 0.137 e. The third kappa shape index (κ3) is 11.9. The van der Waals surface area contributed by atoms with Gasteiger partial charge in [-0.25, -0.2) is 33.4 Å². The molecule has 9 rings (SSSR count). The number of hydrogen-bond acceptors (Lipinski definition) is 9. The number of phenols is 2. The molecule has 3 heterocycles. The van der Waals surface area contributed by atoms with Gasteiger partial charge in [-0.2, -0.15) is 20.6 Å². The summed E-state index contributed by atoms with van der Waals surface area (Å²) in [4.78, 5) is 11.8. The zero-order valence-corrected chi connectivity index (χ0v) is 35.2. The average Bonchev–Trinajstić information content (AvgIpc) is 4.12. The number of phenolic OH excluding ortho intramolecular Hbond substituents is 2. The van der Waals surface area contributed by atoms with Crippen LogP contribution in [-0.2, 0) is 25.0 Å². The molecule has 2 N–H and O–H groups in total. The number of nitriles is 1. The van der Waals surface area contributed by atoms with Crippen molar-refractivity contribution in [3.8, 4) is 50.9 Å². The molecule has 14 heteroatoms. The van der Waals surface area contributed by atoms with E-state index < -0.39 is 5.41 Å². The highest BCUT2D eigenvalue weighted by molar-refractivity contribution is 6.32. The molecule has 3 aromatic heterocycles. The number of nitrogens with zero attached hydrogens (tertiary/aromatic N) is 10. The van der Waals surface area contributed by atoms with E-state index in [1.165, 1.54) is 31.1 Å². The number of halogens is 2. The minimum Gasteiger partial charge on any atom is -0.508 e. The van der Waals surface area contributed by atoms with Crippen molar-refractivity contribution in [2.24, 2.45) is 0 Å². The Hall–Kier alpha value is -7.95. The van der Waals surface area contributed by atoms with E-state index in [0.29, 0.717) is 24.7 Å². The van der Waals surface area contributed by atoms with Crippen LogP contribution in [0.1, 0.15) is 36.1 Å². The molecular weight excluding hydrogens is 815 g/mol. The predicted molar refractivity (Wildman–Crippen MR) is 240 cm³/mol. The Labute approximate surface area is 368 Å². The van der Waals surface area contributed by atoms with Crippen LogP contribution in [0.2, 0.25) is 5.02 Å². The minimum absolute atomic E-state index is 0.0918. The van der Waals surface area contributed by atoms with Crippen molar-refractivity contribution in [1.82, 2.24) is 44.3 Å². The second-order valence-corrected chi connectivity index (χ2v) is 15.5. The lowest BCUT2D eigenvalue weighted by atomic mass is 9.83. The zero-order chi connectivity index (χ0) is 44.2. The summed E-state index contributed by atoms with van der Waals surface area (Å²) in [5.74, 6) is 0.100. The largest absolute Gasteiger partial charge is 0.508 e. The van der Waals surface area contributed by atoms with Crippen LogP contribution in [0.3, 0.4) is 0 Å². The predicted octanol–water partition coefficient (Wildman–Crippen LogP) is 9.99. The average molecular weight is 857 g/mol. The molecule has 0 aliphatic rings. The Kier molecular flexibility index (Phi) is 13.7. The number of hydrogen-bond donors (Lipinski definition) is 2. The van der Waals surface area contributed by atoms with E-state index >= 15 is 0 Å². The van der Waals surface area contributed by atoms with Crippen LogP contribution < -0.4 is 0 Å². The molecule has 63 heavy (non-hydrogen) atoms. The van der Waals surface area contributed by atoms with Crippen LogP contribution in [0.5, 0.6) is 11.5 Å². The van der Waals surface area contributed by atoms with Gasteiger partial charge in [0.05, 0.1) is 36.1 Å². The summed E-state index contributed by atoms with van der Waals surface area (Å²) in [5, 5.41) is 41.1. The van der Waals surface area contributed by atoms with Crippen molar-refractivity contribution in [2.45, 2.75) is 38.9 Å². The SMILES string of the molecule is CC(C)(C#N)c1cc(Cn2cncn2)cc(-c2ccc(O)cc2)c1.Fc1cccc(-c2cccc(Cn3cncn3)c2)c1.Oc1ccc(-c2cccc(Cn3cncn3)c2)cc1Cl. The summed E-state index contributed by atoms with van der Waals surface area (Å²) in [7, 11) is 0. The highest BCUT2D eigenvalue weighted by Gasteiger charge is 2.21. The lowest BCUT2D eigenvalue weighted by molar-refractivity contribution is 0.475. The topological polar surface area (TPSA) is 156 Å². The van der Waals surface area contributed by atoms with Crippen molar-refractivity contribution in [3.63, 3.8) is 0 Å².